The number of benzene rings is 1. The first kappa shape index (κ1) is 29.6. The summed E-state index contributed by atoms with van der Waals surface area (Å²) in [5.41, 5.74) is 12.4. The predicted octanol–water partition coefficient (Wildman–Crippen LogP) is 1.24. The topological polar surface area (TPSA) is 143 Å². The lowest BCUT2D eigenvalue weighted by atomic mass is 10.0. The van der Waals surface area contributed by atoms with Gasteiger partial charge in [0, 0.05) is 51.5 Å². The fourth-order valence-electron chi connectivity index (χ4n) is 4.83. The molecule has 3 heterocycles. The van der Waals surface area contributed by atoms with E-state index in [2.05, 4.69) is 22.1 Å². The van der Waals surface area contributed by atoms with E-state index in [0.29, 0.717) is 37.8 Å². The minimum absolute atomic E-state index is 0. The highest BCUT2D eigenvalue weighted by atomic mass is 35.5. The van der Waals surface area contributed by atoms with E-state index in [0.717, 1.165) is 26.1 Å². The molecule has 2 aliphatic rings. The standard InChI is InChI=1S/C26H38N8O3.ClH/c1-18(27)20-8-10-31(17-20)16-19-4-6-21(7-5-19)34-11-9-22(30-25(34)37)29-24(36)33-14-12-32(13-15-33)23(35)26(2,3)28;/h4-7,9,11,18,20H,8,10,12-17,27-28H2,1-3H3,(H,29,30,36,37);1H/t18?,20-;/m0./s1. The number of nitrogens with one attached hydrogen (secondary N) is 1. The zero-order valence-corrected chi connectivity index (χ0v) is 23.1. The van der Waals surface area contributed by atoms with Gasteiger partial charge in [-0.1, -0.05) is 12.1 Å². The highest BCUT2D eigenvalue weighted by Crippen LogP contribution is 2.21. The van der Waals surface area contributed by atoms with Gasteiger partial charge < -0.3 is 21.3 Å². The molecule has 0 saturated carbocycles. The number of halogens is 1. The van der Waals surface area contributed by atoms with Gasteiger partial charge in [-0.2, -0.15) is 4.98 Å². The molecule has 0 aliphatic carbocycles. The molecule has 5 N–H and O–H groups in total. The Morgan fingerprint density at radius 1 is 1.08 bits per heavy atom. The van der Waals surface area contributed by atoms with Crippen LogP contribution in [0, 0.1) is 5.92 Å². The van der Waals surface area contributed by atoms with Gasteiger partial charge in [0.1, 0.15) is 5.82 Å². The Morgan fingerprint density at radius 2 is 1.71 bits per heavy atom. The van der Waals surface area contributed by atoms with Crippen molar-refractivity contribution < 1.29 is 9.59 Å². The average Bonchev–Trinajstić information content (AvgIpc) is 3.33. The fourth-order valence-corrected chi connectivity index (χ4v) is 4.83. The van der Waals surface area contributed by atoms with Crippen LogP contribution in [0.2, 0.25) is 0 Å². The van der Waals surface area contributed by atoms with Crippen LogP contribution in [0.1, 0.15) is 32.8 Å². The summed E-state index contributed by atoms with van der Waals surface area (Å²) in [5.74, 6) is 0.583. The van der Waals surface area contributed by atoms with E-state index in [9.17, 15) is 14.4 Å². The second-order valence-corrected chi connectivity index (χ2v) is 10.7. The van der Waals surface area contributed by atoms with Gasteiger partial charge in [0.05, 0.1) is 11.2 Å². The number of nitrogens with two attached hydrogens (primary N) is 2. The number of likely N-dealkylation sites (tertiary alicyclic amines) is 1. The van der Waals surface area contributed by atoms with E-state index in [1.165, 1.54) is 10.1 Å². The van der Waals surface area contributed by atoms with Gasteiger partial charge in [-0.05, 0) is 63.4 Å². The lowest BCUT2D eigenvalue weighted by Crippen LogP contribution is -2.58. The molecule has 0 radical (unpaired) electrons. The van der Waals surface area contributed by atoms with Crippen molar-refractivity contribution in [2.24, 2.45) is 17.4 Å². The summed E-state index contributed by atoms with van der Waals surface area (Å²) in [6.45, 7) is 9.88. The molecule has 2 aliphatic heterocycles. The molecule has 2 atom stereocenters. The predicted molar refractivity (Wildman–Crippen MR) is 150 cm³/mol. The fraction of sp³-hybridized carbons (Fsp3) is 0.538. The van der Waals surface area contributed by atoms with Gasteiger partial charge in [-0.25, -0.2) is 9.59 Å². The van der Waals surface area contributed by atoms with Crippen LogP contribution in [-0.2, 0) is 11.3 Å². The zero-order valence-electron chi connectivity index (χ0n) is 22.3. The minimum Gasteiger partial charge on any atom is -0.338 e. The molecule has 0 spiro atoms. The molecule has 38 heavy (non-hydrogen) atoms. The van der Waals surface area contributed by atoms with E-state index < -0.39 is 11.2 Å². The molecule has 208 valence electrons. The number of urea groups is 1. The van der Waals surface area contributed by atoms with E-state index in [1.807, 2.05) is 24.3 Å². The summed E-state index contributed by atoms with van der Waals surface area (Å²) in [7, 11) is 0. The second kappa shape index (κ2) is 12.2. The Bertz CT molecular complexity index is 1170. The van der Waals surface area contributed by atoms with Crippen LogP contribution in [-0.4, -0.2) is 87.0 Å². The maximum Gasteiger partial charge on any atom is 0.354 e. The molecule has 4 rings (SSSR count). The summed E-state index contributed by atoms with van der Waals surface area (Å²) in [4.78, 5) is 47.4. The average molecular weight is 547 g/mol. The maximum atomic E-state index is 12.7. The van der Waals surface area contributed by atoms with E-state index in [1.54, 1.807) is 35.9 Å². The number of anilines is 1. The van der Waals surface area contributed by atoms with Crippen LogP contribution in [0.4, 0.5) is 10.6 Å². The van der Waals surface area contributed by atoms with Gasteiger partial charge in [0.2, 0.25) is 5.91 Å². The summed E-state index contributed by atoms with van der Waals surface area (Å²) in [6.07, 6.45) is 2.73. The van der Waals surface area contributed by atoms with Crippen molar-refractivity contribution >= 4 is 30.2 Å². The number of amides is 3. The molecule has 1 aromatic carbocycles. The van der Waals surface area contributed by atoms with E-state index in [-0.39, 0.29) is 36.2 Å². The monoisotopic (exact) mass is 546 g/mol. The van der Waals surface area contributed by atoms with Crippen molar-refractivity contribution in [3.05, 3.63) is 52.6 Å². The Labute approximate surface area is 229 Å². The Balaban J connectivity index is 0.00000400. The first-order valence-electron chi connectivity index (χ1n) is 12.8. The van der Waals surface area contributed by atoms with Gasteiger partial charge in [-0.3, -0.25) is 19.6 Å². The number of piperazine rings is 1. The molecule has 2 fully saturated rings. The van der Waals surface area contributed by atoms with Crippen molar-refractivity contribution in [1.82, 2.24) is 24.3 Å². The van der Waals surface area contributed by atoms with Crippen molar-refractivity contribution in [2.45, 2.75) is 45.3 Å². The van der Waals surface area contributed by atoms with Crippen LogP contribution in [0.25, 0.3) is 5.69 Å². The summed E-state index contributed by atoms with van der Waals surface area (Å²) in [6, 6.07) is 9.30. The molecule has 0 bridgehead atoms. The molecule has 1 unspecified atom stereocenters. The molecule has 1 aromatic heterocycles. The molecule has 12 heteroatoms. The van der Waals surface area contributed by atoms with Gasteiger partial charge in [0.25, 0.3) is 0 Å². The first-order chi connectivity index (χ1) is 17.5. The van der Waals surface area contributed by atoms with Gasteiger partial charge in [0.15, 0.2) is 0 Å². The Morgan fingerprint density at radius 3 is 2.26 bits per heavy atom. The number of aromatic nitrogens is 2. The van der Waals surface area contributed by atoms with Crippen LogP contribution in [0.5, 0.6) is 0 Å². The quantitative estimate of drug-likeness (QED) is 0.494. The number of hydrogen-bond acceptors (Lipinski definition) is 7. The van der Waals surface area contributed by atoms with Crippen molar-refractivity contribution in [3.63, 3.8) is 0 Å². The third-order valence-electron chi connectivity index (χ3n) is 7.12. The highest BCUT2D eigenvalue weighted by Gasteiger charge is 2.31. The molecule has 11 nitrogen and oxygen atoms in total. The highest BCUT2D eigenvalue weighted by molar-refractivity contribution is 5.89. The third-order valence-corrected chi connectivity index (χ3v) is 7.12. The zero-order chi connectivity index (χ0) is 26.7. The number of hydrogen-bond donors (Lipinski definition) is 3. The smallest absolute Gasteiger partial charge is 0.338 e. The molecular formula is C26H39ClN8O3. The number of nitrogens with zero attached hydrogens (tertiary/aromatic N) is 5. The van der Waals surface area contributed by atoms with Crippen molar-refractivity contribution in [3.8, 4) is 5.69 Å². The minimum atomic E-state index is -0.945. The first-order valence-corrected chi connectivity index (χ1v) is 12.8. The van der Waals surface area contributed by atoms with E-state index >= 15 is 0 Å². The largest absolute Gasteiger partial charge is 0.354 e. The van der Waals surface area contributed by atoms with Crippen LogP contribution in [0.15, 0.2) is 41.3 Å². The lowest BCUT2D eigenvalue weighted by molar-refractivity contribution is -0.137. The third kappa shape index (κ3) is 7.10. The lowest BCUT2D eigenvalue weighted by Gasteiger charge is -2.37. The Hall–Kier alpha value is -2.99. The van der Waals surface area contributed by atoms with Crippen molar-refractivity contribution in [2.75, 3.05) is 44.6 Å². The summed E-state index contributed by atoms with van der Waals surface area (Å²) >= 11 is 0. The van der Waals surface area contributed by atoms with Gasteiger partial charge >= 0.3 is 11.7 Å². The molecular weight excluding hydrogens is 508 g/mol. The molecule has 2 aromatic rings. The summed E-state index contributed by atoms with van der Waals surface area (Å²) < 4.78 is 1.44. The van der Waals surface area contributed by atoms with Crippen LogP contribution in [0.3, 0.4) is 0 Å². The summed E-state index contributed by atoms with van der Waals surface area (Å²) in [5, 5.41) is 2.69. The number of carbonyl (C=O) groups is 2. The van der Waals surface area contributed by atoms with Crippen molar-refractivity contribution in [1.29, 1.82) is 0 Å². The number of carbonyl (C=O) groups excluding carboxylic acids is 2. The van der Waals surface area contributed by atoms with Gasteiger partial charge in [-0.15, -0.1) is 12.4 Å². The molecule has 2 saturated heterocycles. The Kier molecular flexibility index (Phi) is 9.53. The molecule has 3 amide bonds. The SMILES string of the molecule is CC(N)[C@H]1CCN(Cc2ccc(-n3ccc(NC(=O)N4CCN(C(=O)C(C)(C)N)CC4)nc3=O)cc2)C1.Cl. The second-order valence-electron chi connectivity index (χ2n) is 10.7. The normalized spacial score (nSPS) is 19.1. The van der Waals surface area contributed by atoms with E-state index in [4.69, 9.17) is 11.5 Å². The van der Waals surface area contributed by atoms with Crippen LogP contribution >= 0.6 is 12.4 Å². The maximum absolute atomic E-state index is 12.7. The number of rotatable bonds is 6. The van der Waals surface area contributed by atoms with Crippen LogP contribution < -0.4 is 22.5 Å².